The molecule has 0 saturated carbocycles. The van der Waals surface area contributed by atoms with E-state index in [4.69, 9.17) is 32.9 Å². The van der Waals surface area contributed by atoms with Crippen molar-refractivity contribution in [2.24, 2.45) is 0 Å². The predicted molar refractivity (Wildman–Crippen MR) is 75.5 cm³/mol. The fourth-order valence-corrected chi connectivity index (χ4v) is 1.79. The molecule has 5 heteroatoms. The van der Waals surface area contributed by atoms with Gasteiger partial charge in [-0.05, 0) is 30.3 Å². The van der Waals surface area contributed by atoms with Gasteiger partial charge in [0, 0.05) is 16.7 Å². The SMILES string of the molecule is [C-]#[N+]c1cc(C#N)cc(Oc2cc(Cl)ccc2OC)c1. The summed E-state index contributed by atoms with van der Waals surface area (Å²) in [6.07, 6.45) is 0. The third-order valence-electron chi connectivity index (χ3n) is 2.50. The average molecular weight is 285 g/mol. The van der Waals surface area contributed by atoms with E-state index in [1.165, 1.54) is 13.2 Å². The Kier molecular flexibility index (Phi) is 4.10. The molecule has 0 radical (unpaired) electrons. The Morgan fingerprint density at radius 3 is 2.65 bits per heavy atom. The molecule has 2 rings (SSSR count). The van der Waals surface area contributed by atoms with Crippen molar-refractivity contribution in [3.05, 3.63) is 58.4 Å². The van der Waals surface area contributed by atoms with Crippen molar-refractivity contribution in [1.82, 2.24) is 0 Å². The second-order valence-corrected chi connectivity index (χ2v) is 4.27. The number of hydrogen-bond donors (Lipinski definition) is 0. The maximum Gasteiger partial charge on any atom is 0.192 e. The standard InChI is InChI=1S/C15H9ClN2O2/c1-18-12-5-10(9-17)6-13(8-12)20-15-7-11(16)3-4-14(15)19-2/h3-8H,2H3. The number of nitriles is 1. The van der Waals surface area contributed by atoms with Crippen LogP contribution in [0.25, 0.3) is 4.85 Å². The lowest BCUT2D eigenvalue weighted by atomic mass is 10.2. The van der Waals surface area contributed by atoms with Crippen LogP contribution in [0, 0.1) is 17.9 Å². The molecule has 2 aromatic carbocycles. The molecule has 0 aromatic heterocycles. The van der Waals surface area contributed by atoms with E-state index in [1.807, 2.05) is 6.07 Å². The van der Waals surface area contributed by atoms with Crippen LogP contribution in [0.2, 0.25) is 5.02 Å². The van der Waals surface area contributed by atoms with Gasteiger partial charge in [0.2, 0.25) is 0 Å². The van der Waals surface area contributed by atoms with Crippen LogP contribution in [0.15, 0.2) is 36.4 Å². The number of hydrogen-bond acceptors (Lipinski definition) is 3. The first kappa shape index (κ1) is 13.7. The molecule has 0 aliphatic carbocycles. The van der Waals surface area contributed by atoms with Crippen LogP contribution in [0.5, 0.6) is 17.2 Å². The summed E-state index contributed by atoms with van der Waals surface area (Å²) in [6.45, 7) is 7.02. The van der Waals surface area contributed by atoms with Gasteiger partial charge in [0.15, 0.2) is 17.2 Å². The molecule has 0 fully saturated rings. The maximum absolute atomic E-state index is 8.94. The molecule has 98 valence electrons. The number of rotatable bonds is 3. The Morgan fingerprint density at radius 1 is 1.20 bits per heavy atom. The maximum atomic E-state index is 8.94. The van der Waals surface area contributed by atoms with E-state index < -0.39 is 0 Å². The summed E-state index contributed by atoms with van der Waals surface area (Å²) in [6, 6.07) is 11.6. The normalized spacial score (nSPS) is 9.40. The fraction of sp³-hybridized carbons (Fsp3) is 0.0667. The molecule has 0 unspecified atom stereocenters. The lowest BCUT2D eigenvalue weighted by Crippen LogP contribution is -1.90. The highest BCUT2D eigenvalue weighted by Crippen LogP contribution is 2.35. The molecule has 4 nitrogen and oxygen atoms in total. The Labute approximate surface area is 121 Å². The van der Waals surface area contributed by atoms with E-state index in [-0.39, 0.29) is 0 Å². The van der Waals surface area contributed by atoms with Gasteiger partial charge in [-0.1, -0.05) is 11.6 Å². The Bertz CT molecular complexity index is 697. The molecule has 0 atom stereocenters. The van der Waals surface area contributed by atoms with Crippen LogP contribution in [0.3, 0.4) is 0 Å². The minimum absolute atomic E-state index is 0.333. The average Bonchev–Trinajstić information content (AvgIpc) is 2.47. The van der Waals surface area contributed by atoms with Gasteiger partial charge in [0.25, 0.3) is 0 Å². The fourth-order valence-electron chi connectivity index (χ4n) is 1.63. The Balaban J connectivity index is 2.42. The first-order valence-electron chi connectivity index (χ1n) is 5.60. The minimum atomic E-state index is 0.333. The summed E-state index contributed by atoms with van der Waals surface area (Å²) >= 11 is 5.92. The largest absolute Gasteiger partial charge is 0.493 e. The van der Waals surface area contributed by atoms with E-state index >= 15 is 0 Å². The van der Waals surface area contributed by atoms with E-state index in [1.54, 1.807) is 30.3 Å². The van der Waals surface area contributed by atoms with E-state index in [0.717, 1.165) is 0 Å². The topological polar surface area (TPSA) is 46.6 Å². The second kappa shape index (κ2) is 5.97. The van der Waals surface area contributed by atoms with Crippen molar-refractivity contribution in [1.29, 1.82) is 5.26 Å². The molecule has 0 heterocycles. The molecule has 0 bridgehead atoms. The first-order chi connectivity index (χ1) is 9.66. The molecule has 0 aliphatic rings. The first-order valence-corrected chi connectivity index (χ1v) is 5.98. The zero-order valence-electron chi connectivity index (χ0n) is 10.6. The molecule has 0 amide bonds. The van der Waals surface area contributed by atoms with Gasteiger partial charge in [0.1, 0.15) is 5.75 Å². The van der Waals surface area contributed by atoms with Gasteiger partial charge < -0.3 is 9.47 Å². The summed E-state index contributed by atoms with van der Waals surface area (Å²) in [4.78, 5) is 3.30. The Hall–Kier alpha value is -2.69. The lowest BCUT2D eigenvalue weighted by molar-refractivity contribution is 0.379. The van der Waals surface area contributed by atoms with Crippen molar-refractivity contribution in [2.75, 3.05) is 7.11 Å². The lowest BCUT2D eigenvalue weighted by Gasteiger charge is -2.11. The number of halogens is 1. The molecule has 0 saturated heterocycles. The summed E-state index contributed by atoms with van der Waals surface area (Å²) in [5.41, 5.74) is 0.689. The predicted octanol–water partition coefficient (Wildman–Crippen LogP) is 4.56. The van der Waals surface area contributed by atoms with Crippen LogP contribution in [0.1, 0.15) is 5.56 Å². The van der Waals surface area contributed by atoms with Crippen LogP contribution in [-0.4, -0.2) is 7.11 Å². The zero-order chi connectivity index (χ0) is 14.5. The summed E-state index contributed by atoms with van der Waals surface area (Å²) in [7, 11) is 1.52. The van der Waals surface area contributed by atoms with Crippen LogP contribution < -0.4 is 9.47 Å². The van der Waals surface area contributed by atoms with E-state index in [0.29, 0.717) is 33.5 Å². The van der Waals surface area contributed by atoms with Crippen molar-refractivity contribution >= 4 is 17.3 Å². The van der Waals surface area contributed by atoms with Crippen molar-refractivity contribution in [3.8, 4) is 23.3 Å². The molecule has 0 spiro atoms. The number of ether oxygens (including phenoxy) is 2. The molecule has 0 aliphatic heterocycles. The van der Waals surface area contributed by atoms with Crippen LogP contribution in [0.4, 0.5) is 5.69 Å². The summed E-state index contributed by atoms with van der Waals surface area (Å²) in [5.74, 6) is 1.32. The van der Waals surface area contributed by atoms with E-state index in [9.17, 15) is 0 Å². The summed E-state index contributed by atoms with van der Waals surface area (Å²) < 4.78 is 10.8. The van der Waals surface area contributed by atoms with Crippen molar-refractivity contribution in [3.63, 3.8) is 0 Å². The Morgan fingerprint density at radius 2 is 2.00 bits per heavy atom. The number of nitrogens with zero attached hydrogens (tertiary/aromatic N) is 2. The van der Waals surface area contributed by atoms with Gasteiger partial charge in [0.05, 0.1) is 19.8 Å². The monoisotopic (exact) mass is 284 g/mol. The third-order valence-corrected chi connectivity index (χ3v) is 2.74. The van der Waals surface area contributed by atoms with Gasteiger partial charge >= 0.3 is 0 Å². The van der Waals surface area contributed by atoms with Crippen molar-refractivity contribution < 1.29 is 9.47 Å². The highest BCUT2D eigenvalue weighted by Gasteiger charge is 2.08. The molecule has 0 N–H and O–H groups in total. The minimum Gasteiger partial charge on any atom is -0.493 e. The quantitative estimate of drug-likeness (QED) is 0.776. The van der Waals surface area contributed by atoms with E-state index in [2.05, 4.69) is 4.85 Å². The highest BCUT2D eigenvalue weighted by molar-refractivity contribution is 6.30. The number of methoxy groups -OCH3 is 1. The smallest absolute Gasteiger partial charge is 0.192 e. The summed E-state index contributed by atoms with van der Waals surface area (Å²) in [5, 5.41) is 9.44. The van der Waals surface area contributed by atoms with Crippen molar-refractivity contribution in [2.45, 2.75) is 0 Å². The highest BCUT2D eigenvalue weighted by atomic mass is 35.5. The van der Waals surface area contributed by atoms with Crippen LogP contribution in [-0.2, 0) is 0 Å². The van der Waals surface area contributed by atoms with Gasteiger partial charge in [-0.15, -0.1) is 0 Å². The number of benzene rings is 2. The third kappa shape index (κ3) is 3.00. The van der Waals surface area contributed by atoms with Gasteiger partial charge in [-0.3, -0.25) is 0 Å². The molecular weight excluding hydrogens is 276 g/mol. The molecule has 20 heavy (non-hydrogen) atoms. The van der Waals surface area contributed by atoms with Gasteiger partial charge in [-0.25, -0.2) is 4.85 Å². The molecule has 2 aromatic rings. The zero-order valence-corrected chi connectivity index (χ0v) is 11.3. The second-order valence-electron chi connectivity index (χ2n) is 3.84. The molecular formula is C15H9ClN2O2. The van der Waals surface area contributed by atoms with Crippen LogP contribution >= 0.6 is 11.6 Å². The van der Waals surface area contributed by atoms with Gasteiger partial charge in [-0.2, -0.15) is 5.26 Å².